The number of hydrogen-bond donors (Lipinski definition) is 2. The van der Waals surface area contributed by atoms with Gasteiger partial charge < -0.3 is 15.4 Å². The molecule has 1 saturated heterocycles. The van der Waals surface area contributed by atoms with Crippen LogP contribution in [0.25, 0.3) is 0 Å². The summed E-state index contributed by atoms with van der Waals surface area (Å²) >= 11 is 1.89. The van der Waals surface area contributed by atoms with Gasteiger partial charge in [0.25, 0.3) is 0 Å². The Hall–Kier alpha value is -0.260. The summed E-state index contributed by atoms with van der Waals surface area (Å²) in [6.07, 6.45) is 7.59. The maximum Gasteiger partial charge on any atom is 0.221 e. The van der Waals surface area contributed by atoms with Crippen molar-refractivity contribution in [3.05, 3.63) is 0 Å². The van der Waals surface area contributed by atoms with Gasteiger partial charge in [0.05, 0.1) is 13.2 Å². The number of carbonyl (C=O) groups excluding carboxylic acids is 1. The third-order valence-electron chi connectivity index (χ3n) is 3.78. The van der Waals surface area contributed by atoms with Gasteiger partial charge in [-0.25, -0.2) is 0 Å². The molecule has 3 unspecified atom stereocenters. The molecular formula is C13H24N2O2S. The van der Waals surface area contributed by atoms with Gasteiger partial charge in [-0.1, -0.05) is 12.8 Å². The van der Waals surface area contributed by atoms with Crippen molar-refractivity contribution < 1.29 is 9.53 Å². The van der Waals surface area contributed by atoms with Crippen LogP contribution < -0.4 is 10.6 Å². The summed E-state index contributed by atoms with van der Waals surface area (Å²) in [5.41, 5.74) is 0. The fourth-order valence-corrected chi connectivity index (χ4v) is 3.72. The summed E-state index contributed by atoms with van der Waals surface area (Å²) in [5.74, 6) is 0.170. The molecule has 2 aliphatic rings. The lowest BCUT2D eigenvalue weighted by Crippen LogP contribution is -2.48. The molecule has 1 aliphatic carbocycles. The highest BCUT2D eigenvalue weighted by atomic mass is 32.2. The fourth-order valence-electron chi connectivity index (χ4n) is 2.78. The Balaban J connectivity index is 1.75. The van der Waals surface area contributed by atoms with Crippen LogP contribution in [0.1, 0.15) is 32.1 Å². The maximum atomic E-state index is 12.0. The van der Waals surface area contributed by atoms with Crippen LogP contribution in [-0.4, -0.2) is 49.3 Å². The Kier molecular flexibility index (Phi) is 5.79. The molecule has 1 saturated carbocycles. The molecule has 0 spiro atoms. The second-order valence-corrected chi connectivity index (χ2v) is 6.24. The highest BCUT2D eigenvalue weighted by Crippen LogP contribution is 2.27. The van der Waals surface area contributed by atoms with Gasteiger partial charge >= 0.3 is 0 Å². The van der Waals surface area contributed by atoms with E-state index in [1.165, 1.54) is 19.3 Å². The Morgan fingerprint density at radius 1 is 1.44 bits per heavy atom. The molecule has 0 aromatic rings. The second-order valence-electron chi connectivity index (χ2n) is 5.16. The SMILES string of the molecule is CSC1CCCCC1NC(=O)CC1COCCN1. The predicted octanol–water partition coefficient (Wildman–Crippen LogP) is 1.16. The monoisotopic (exact) mass is 272 g/mol. The molecule has 0 aromatic carbocycles. The zero-order chi connectivity index (χ0) is 12.8. The normalized spacial score (nSPS) is 33.1. The van der Waals surface area contributed by atoms with Crippen molar-refractivity contribution in [3.8, 4) is 0 Å². The van der Waals surface area contributed by atoms with Crippen LogP contribution in [0, 0.1) is 0 Å². The fraction of sp³-hybridized carbons (Fsp3) is 0.923. The predicted molar refractivity (Wildman–Crippen MR) is 74.9 cm³/mol. The van der Waals surface area contributed by atoms with Crippen molar-refractivity contribution in [1.82, 2.24) is 10.6 Å². The van der Waals surface area contributed by atoms with Crippen LogP contribution in [0.5, 0.6) is 0 Å². The third-order valence-corrected chi connectivity index (χ3v) is 4.95. The average molecular weight is 272 g/mol. The van der Waals surface area contributed by atoms with Crippen molar-refractivity contribution in [2.24, 2.45) is 0 Å². The summed E-state index contributed by atoms with van der Waals surface area (Å²) in [7, 11) is 0. The summed E-state index contributed by atoms with van der Waals surface area (Å²) in [4.78, 5) is 12.0. The molecule has 0 aromatic heterocycles. The topological polar surface area (TPSA) is 50.4 Å². The lowest BCUT2D eigenvalue weighted by Gasteiger charge is -2.31. The van der Waals surface area contributed by atoms with E-state index >= 15 is 0 Å². The molecule has 2 N–H and O–H groups in total. The first-order valence-electron chi connectivity index (χ1n) is 6.93. The van der Waals surface area contributed by atoms with Crippen LogP contribution in [0.4, 0.5) is 0 Å². The molecular weight excluding hydrogens is 248 g/mol. The number of rotatable bonds is 4. The maximum absolute atomic E-state index is 12.0. The molecule has 1 heterocycles. The van der Waals surface area contributed by atoms with Gasteiger partial charge in [0.2, 0.25) is 5.91 Å². The lowest BCUT2D eigenvalue weighted by atomic mass is 9.94. The minimum Gasteiger partial charge on any atom is -0.378 e. The number of hydrogen-bond acceptors (Lipinski definition) is 4. The Bertz CT molecular complexity index is 270. The number of morpholine rings is 1. The van der Waals surface area contributed by atoms with E-state index in [0.717, 1.165) is 19.6 Å². The van der Waals surface area contributed by atoms with Crippen LogP contribution in [0.3, 0.4) is 0 Å². The van der Waals surface area contributed by atoms with Crippen molar-refractivity contribution in [3.63, 3.8) is 0 Å². The van der Waals surface area contributed by atoms with Gasteiger partial charge in [0, 0.05) is 30.3 Å². The van der Waals surface area contributed by atoms with Gasteiger partial charge in [0.15, 0.2) is 0 Å². The first-order chi connectivity index (χ1) is 8.79. The van der Waals surface area contributed by atoms with E-state index < -0.39 is 0 Å². The van der Waals surface area contributed by atoms with E-state index in [9.17, 15) is 4.79 Å². The zero-order valence-electron chi connectivity index (χ0n) is 11.1. The van der Waals surface area contributed by atoms with E-state index in [1.54, 1.807) is 0 Å². The molecule has 1 aliphatic heterocycles. The van der Waals surface area contributed by atoms with Gasteiger partial charge in [-0.3, -0.25) is 4.79 Å². The summed E-state index contributed by atoms with van der Waals surface area (Å²) in [6, 6.07) is 0.556. The van der Waals surface area contributed by atoms with E-state index in [2.05, 4.69) is 16.9 Å². The van der Waals surface area contributed by atoms with Crippen molar-refractivity contribution in [1.29, 1.82) is 0 Å². The minimum absolute atomic E-state index is 0.170. The van der Waals surface area contributed by atoms with Crippen molar-refractivity contribution in [2.45, 2.75) is 49.4 Å². The Labute approximate surface area is 114 Å². The number of carbonyl (C=O) groups is 1. The zero-order valence-corrected chi connectivity index (χ0v) is 11.9. The van der Waals surface area contributed by atoms with Crippen LogP contribution in [0.15, 0.2) is 0 Å². The van der Waals surface area contributed by atoms with Crippen LogP contribution >= 0.6 is 11.8 Å². The smallest absolute Gasteiger partial charge is 0.221 e. The highest BCUT2D eigenvalue weighted by molar-refractivity contribution is 7.99. The molecule has 104 valence electrons. The van der Waals surface area contributed by atoms with E-state index in [0.29, 0.717) is 24.3 Å². The van der Waals surface area contributed by atoms with Gasteiger partial charge in [0.1, 0.15) is 0 Å². The van der Waals surface area contributed by atoms with E-state index in [4.69, 9.17) is 4.74 Å². The summed E-state index contributed by atoms with van der Waals surface area (Å²) < 4.78 is 5.37. The first kappa shape index (κ1) is 14.2. The summed E-state index contributed by atoms with van der Waals surface area (Å²) in [5, 5.41) is 7.13. The minimum atomic E-state index is 0.170. The van der Waals surface area contributed by atoms with Gasteiger partial charge in [-0.2, -0.15) is 11.8 Å². The van der Waals surface area contributed by atoms with Gasteiger partial charge in [-0.15, -0.1) is 0 Å². The molecule has 4 nitrogen and oxygen atoms in total. The molecule has 0 bridgehead atoms. The standard InChI is InChI=1S/C13H24N2O2S/c1-18-12-5-3-2-4-11(12)15-13(16)8-10-9-17-7-6-14-10/h10-12,14H,2-9H2,1H3,(H,15,16). The van der Waals surface area contributed by atoms with Crippen molar-refractivity contribution in [2.75, 3.05) is 26.0 Å². The number of thioether (sulfide) groups is 1. The average Bonchev–Trinajstić information content (AvgIpc) is 2.40. The molecule has 0 radical (unpaired) electrons. The van der Waals surface area contributed by atoms with E-state index in [1.807, 2.05) is 11.8 Å². The number of amides is 1. The summed E-state index contributed by atoms with van der Waals surface area (Å²) in [6.45, 7) is 2.27. The largest absolute Gasteiger partial charge is 0.378 e. The molecule has 18 heavy (non-hydrogen) atoms. The molecule has 2 fully saturated rings. The Morgan fingerprint density at radius 2 is 2.28 bits per heavy atom. The third kappa shape index (κ3) is 4.14. The van der Waals surface area contributed by atoms with Crippen molar-refractivity contribution >= 4 is 17.7 Å². The quantitative estimate of drug-likeness (QED) is 0.806. The highest BCUT2D eigenvalue weighted by Gasteiger charge is 2.26. The molecule has 3 atom stereocenters. The van der Waals surface area contributed by atoms with Crippen LogP contribution in [-0.2, 0) is 9.53 Å². The van der Waals surface area contributed by atoms with Gasteiger partial charge in [-0.05, 0) is 19.1 Å². The number of ether oxygens (including phenoxy) is 1. The molecule has 1 amide bonds. The first-order valence-corrected chi connectivity index (χ1v) is 8.21. The molecule has 2 rings (SSSR count). The number of nitrogens with one attached hydrogen (secondary N) is 2. The molecule has 5 heteroatoms. The lowest BCUT2D eigenvalue weighted by molar-refractivity contribution is -0.123. The van der Waals surface area contributed by atoms with Crippen LogP contribution in [0.2, 0.25) is 0 Å². The Morgan fingerprint density at radius 3 is 3.00 bits per heavy atom. The second kappa shape index (κ2) is 7.36. The van der Waals surface area contributed by atoms with E-state index in [-0.39, 0.29) is 11.9 Å².